The molecule has 2 heteroatoms. The van der Waals surface area contributed by atoms with Gasteiger partial charge < -0.3 is 0 Å². The molecule has 2 rings (SSSR count). The molecular formula is C14H10OS. The first-order valence-corrected chi connectivity index (χ1v) is 5.81. The smallest absolute Gasteiger partial charge is 0.161 e. The minimum Gasteiger partial charge on any atom is -0.294 e. The second kappa shape index (κ2) is 4.78. The van der Waals surface area contributed by atoms with Crippen molar-refractivity contribution >= 4 is 17.1 Å². The van der Waals surface area contributed by atoms with Gasteiger partial charge in [-0.1, -0.05) is 36.1 Å². The Morgan fingerprint density at radius 1 is 1.12 bits per heavy atom. The summed E-state index contributed by atoms with van der Waals surface area (Å²) in [6.07, 6.45) is 0. The van der Waals surface area contributed by atoms with Crippen molar-refractivity contribution < 1.29 is 4.79 Å². The Hall–Kier alpha value is -1.85. The summed E-state index contributed by atoms with van der Waals surface area (Å²) in [6.45, 7) is 1.56. The van der Waals surface area contributed by atoms with Gasteiger partial charge in [-0.3, -0.25) is 4.79 Å². The van der Waals surface area contributed by atoms with Gasteiger partial charge in [-0.25, -0.2) is 0 Å². The van der Waals surface area contributed by atoms with Crippen LogP contribution in [0.15, 0.2) is 41.8 Å². The monoisotopic (exact) mass is 226 g/mol. The number of benzene rings is 1. The summed E-state index contributed by atoms with van der Waals surface area (Å²) in [4.78, 5) is 12.4. The van der Waals surface area contributed by atoms with Crippen molar-refractivity contribution in [3.63, 3.8) is 0 Å². The molecule has 0 bridgehead atoms. The van der Waals surface area contributed by atoms with Crippen molar-refractivity contribution in [3.05, 3.63) is 57.8 Å². The van der Waals surface area contributed by atoms with Crippen molar-refractivity contribution in [1.82, 2.24) is 0 Å². The zero-order valence-electron chi connectivity index (χ0n) is 8.86. The summed E-state index contributed by atoms with van der Waals surface area (Å²) in [6, 6.07) is 11.4. The lowest BCUT2D eigenvalue weighted by Gasteiger charge is -1.97. The molecule has 0 N–H and O–H groups in total. The highest BCUT2D eigenvalue weighted by atomic mass is 32.1. The molecule has 1 aromatic carbocycles. The van der Waals surface area contributed by atoms with E-state index < -0.39 is 0 Å². The van der Waals surface area contributed by atoms with E-state index in [-0.39, 0.29) is 5.78 Å². The number of hydrogen-bond donors (Lipinski definition) is 0. The fraction of sp³-hybridized carbons (Fsp3) is 0.0714. The minimum absolute atomic E-state index is 0.0519. The van der Waals surface area contributed by atoms with Gasteiger partial charge in [-0.2, -0.15) is 0 Å². The molecule has 1 aromatic heterocycles. The Labute approximate surface area is 98.7 Å². The third-order valence-corrected chi connectivity index (χ3v) is 2.93. The fourth-order valence-corrected chi connectivity index (χ4v) is 1.95. The highest BCUT2D eigenvalue weighted by Gasteiger charge is 2.02. The molecule has 0 aliphatic heterocycles. The van der Waals surface area contributed by atoms with Crippen LogP contribution in [-0.2, 0) is 0 Å². The first-order chi connectivity index (χ1) is 7.77. The van der Waals surface area contributed by atoms with Crippen LogP contribution in [0.1, 0.15) is 27.7 Å². The van der Waals surface area contributed by atoms with Gasteiger partial charge in [0.2, 0.25) is 0 Å². The molecule has 0 saturated heterocycles. The molecule has 0 spiro atoms. The summed E-state index contributed by atoms with van der Waals surface area (Å²) in [5.74, 6) is 6.14. The maximum Gasteiger partial charge on any atom is 0.161 e. The maximum absolute atomic E-state index is 11.4. The first-order valence-electron chi connectivity index (χ1n) is 4.93. The van der Waals surface area contributed by atoms with Crippen LogP contribution in [0, 0.1) is 11.8 Å². The fourth-order valence-electron chi connectivity index (χ4n) is 1.38. The molecule has 0 saturated carbocycles. The topological polar surface area (TPSA) is 17.1 Å². The van der Waals surface area contributed by atoms with E-state index in [1.165, 1.54) is 0 Å². The zero-order valence-corrected chi connectivity index (χ0v) is 9.67. The number of hydrogen-bond acceptors (Lipinski definition) is 2. The SMILES string of the molecule is CC(=O)c1ccccc1C#Cc1cccs1. The molecule has 0 amide bonds. The van der Waals surface area contributed by atoms with Crippen molar-refractivity contribution in [3.8, 4) is 11.8 Å². The quantitative estimate of drug-likeness (QED) is 0.538. The van der Waals surface area contributed by atoms with Crippen LogP contribution in [-0.4, -0.2) is 5.78 Å². The van der Waals surface area contributed by atoms with Crippen molar-refractivity contribution in [1.29, 1.82) is 0 Å². The van der Waals surface area contributed by atoms with Crippen LogP contribution < -0.4 is 0 Å². The number of rotatable bonds is 1. The Morgan fingerprint density at radius 3 is 2.62 bits per heavy atom. The molecule has 1 nitrogen and oxygen atoms in total. The summed E-state index contributed by atoms with van der Waals surface area (Å²) in [5.41, 5.74) is 1.48. The average Bonchev–Trinajstić information content (AvgIpc) is 2.79. The summed E-state index contributed by atoms with van der Waals surface area (Å²) >= 11 is 1.60. The highest BCUT2D eigenvalue weighted by Crippen LogP contribution is 2.10. The molecular weight excluding hydrogens is 216 g/mol. The lowest BCUT2D eigenvalue weighted by molar-refractivity contribution is 0.101. The van der Waals surface area contributed by atoms with E-state index >= 15 is 0 Å². The molecule has 78 valence electrons. The van der Waals surface area contributed by atoms with Gasteiger partial charge in [0.15, 0.2) is 5.78 Å². The van der Waals surface area contributed by atoms with Crippen LogP contribution in [0.3, 0.4) is 0 Å². The van der Waals surface area contributed by atoms with E-state index in [4.69, 9.17) is 0 Å². The Bertz CT molecular complexity index is 556. The van der Waals surface area contributed by atoms with E-state index in [1.54, 1.807) is 24.3 Å². The normalized spacial score (nSPS) is 9.31. The molecule has 0 aliphatic rings. The van der Waals surface area contributed by atoms with Crippen molar-refractivity contribution in [2.75, 3.05) is 0 Å². The van der Waals surface area contributed by atoms with E-state index in [9.17, 15) is 4.79 Å². The summed E-state index contributed by atoms with van der Waals surface area (Å²) < 4.78 is 0. The van der Waals surface area contributed by atoms with E-state index in [1.807, 2.05) is 35.7 Å². The predicted octanol–water partition coefficient (Wildman–Crippen LogP) is 3.35. The van der Waals surface area contributed by atoms with Gasteiger partial charge in [-0.15, -0.1) is 11.3 Å². The second-order valence-electron chi connectivity index (χ2n) is 3.33. The maximum atomic E-state index is 11.4. The average molecular weight is 226 g/mol. The third-order valence-electron chi connectivity index (χ3n) is 2.15. The van der Waals surface area contributed by atoms with E-state index in [0.717, 1.165) is 10.4 Å². The van der Waals surface area contributed by atoms with Gasteiger partial charge in [0.25, 0.3) is 0 Å². The number of carbonyl (C=O) groups is 1. The Balaban J connectivity index is 2.38. The molecule has 0 aliphatic carbocycles. The van der Waals surface area contributed by atoms with Gasteiger partial charge in [0.05, 0.1) is 4.88 Å². The van der Waals surface area contributed by atoms with Crippen LogP contribution in [0.5, 0.6) is 0 Å². The van der Waals surface area contributed by atoms with E-state index in [2.05, 4.69) is 11.8 Å². The molecule has 16 heavy (non-hydrogen) atoms. The molecule has 0 fully saturated rings. The van der Waals surface area contributed by atoms with E-state index in [0.29, 0.717) is 5.56 Å². The standard InChI is InChI=1S/C14H10OS/c1-11(15)14-7-3-2-5-12(14)8-9-13-6-4-10-16-13/h2-7,10H,1H3. The van der Waals surface area contributed by atoms with Gasteiger partial charge in [0, 0.05) is 11.1 Å². The summed E-state index contributed by atoms with van der Waals surface area (Å²) in [7, 11) is 0. The van der Waals surface area contributed by atoms with Crippen LogP contribution in [0.25, 0.3) is 0 Å². The number of thiophene rings is 1. The summed E-state index contributed by atoms with van der Waals surface area (Å²) in [5, 5.41) is 1.99. The molecule has 0 unspecified atom stereocenters. The number of Topliss-reactive ketones (excluding diaryl/α,β-unsaturated/α-hetero) is 1. The molecule has 0 atom stereocenters. The predicted molar refractivity (Wildman–Crippen MR) is 66.7 cm³/mol. The van der Waals surface area contributed by atoms with Gasteiger partial charge in [0.1, 0.15) is 0 Å². The zero-order chi connectivity index (χ0) is 11.4. The molecule has 0 radical (unpaired) electrons. The van der Waals surface area contributed by atoms with Crippen LogP contribution in [0.2, 0.25) is 0 Å². The lowest BCUT2D eigenvalue weighted by atomic mass is 10.1. The number of carbonyl (C=O) groups excluding carboxylic acids is 1. The van der Waals surface area contributed by atoms with Crippen molar-refractivity contribution in [2.45, 2.75) is 6.92 Å². The van der Waals surface area contributed by atoms with Crippen molar-refractivity contribution in [2.24, 2.45) is 0 Å². The second-order valence-corrected chi connectivity index (χ2v) is 4.28. The van der Waals surface area contributed by atoms with Crippen LogP contribution in [0.4, 0.5) is 0 Å². The number of ketones is 1. The highest BCUT2D eigenvalue weighted by molar-refractivity contribution is 7.10. The Kier molecular flexibility index (Phi) is 3.19. The van der Waals surface area contributed by atoms with Crippen LogP contribution >= 0.6 is 11.3 Å². The molecule has 2 aromatic rings. The largest absolute Gasteiger partial charge is 0.294 e. The van der Waals surface area contributed by atoms with Gasteiger partial charge in [-0.05, 0) is 24.4 Å². The van der Waals surface area contributed by atoms with Gasteiger partial charge >= 0.3 is 0 Å². The Morgan fingerprint density at radius 2 is 1.94 bits per heavy atom. The third kappa shape index (κ3) is 2.39. The minimum atomic E-state index is 0.0519. The first kappa shape index (κ1) is 10.7. The lowest BCUT2D eigenvalue weighted by Crippen LogP contribution is -1.95. The molecule has 1 heterocycles.